The molecule has 1 fully saturated rings. The summed E-state index contributed by atoms with van der Waals surface area (Å²) >= 11 is 1.38. The number of benzene rings is 1. The first-order valence-electron chi connectivity index (χ1n) is 9.93. The van der Waals surface area contributed by atoms with Crippen LogP contribution in [0.25, 0.3) is 21.3 Å². The molecular weight excluding hydrogens is 400 g/mol. The fraction of sp³-hybridized carbons (Fsp3) is 0.333. The zero-order valence-electron chi connectivity index (χ0n) is 16.8. The molecule has 154 valence electrons. The summed E-state index contributed by atoms with van der Waals surface area (Å²) in [5.74, 6) is 1.27. The summed E-state index contributed by atoms with van der Waals surface area (Å²) in [6.45, 7) is 3.45. The lowest BCUT2D eigenvalue weighted by atomic mass is 9.92. The number of hydrogen-bond donors (Lipinski definition) is 1. The number of likely N-dealkylation sites (N-methyl/N-ethyl adjacent to an activating group) is 1. The lowest BCUT2D eigenvalue weighted by molar-refractivity contribution is 0.124. The number of nitrogens with one attached hydrogen (secondary N) is 1. The van der Waals surface area contributed by atoms with E-state index in [1.54, 1.807) is 11.2 Å². The average molecular weight is 423 g/mol. The van der Waals surface area contributed by atoms with Crippen molar-refractivity contribution in [2.45, 2.75) is 19.4 Å². The molecule has 30 heavy (non-hydrogen) atoms. The van der Waals surface area contributed by atoms with Gasteiger partial charge in [0.05, 0.1) is 21.6 Å². The van der Waals surface area contributed by atoms with E-state index in [9.17, 15) is 4.79 Å². The lowest BCUT2D eigenvalue weighted by Crippen LogP contribution is -2.53. The van der Waals surface area contributed by atoms with E-state index in [1.165, 1.54) is 11.3 Å². The Morgan fingerprint density at radius 3 is 3.03 bits per heavy atom. The van der Waals surface area contributed by atoms with Crippen LogP contribution in [-0.2, 0) is 0 Å². The second-order valence-electron chi connectivity index (χ2n) is 7.64. The Kier molecular flexibility index (Phi) is 4.74. The molecule has 4 heterocycles. The second-order valence-corrected chi connectivity index (χ2v) is 8.64. The summed E-state index contributed by atoms with van der Waals surface area (Å²) in [6, 6.07) is 9.87. The fourth-order valence-electron chi connectivity index (χ4n) is 4.05. The van der Waals surface area contributed by atoms with Gasteiger partial charge in [0, 0.05) is 26.3 Å². The highest BCUT2D eigenvalue weighted by atomic mass is 32.1. The summed E-state index contributed by atoms with van der Waals surface area (Å²) in [7, 11) is 2.03. The molecule has 0 radical (unpaired) electrons. The number of ether oxygens (including phenoxy) is 1. The molecule has 8 nitrogen and oxygen atoms in total. The summed E-state index contributed by atoms with van der Waals surface area (Å²) in [5.41, 5.74) is 1.65. The first-order valence-corrected chi connectivity index (χ1v) is 10.7. The van der Waals surface area contributed by atoms with Crippen LogP contribution in [0, 0.1) is 5.92 Å². The Morgan fingerprint density at radius 1 is 1.30 bits per heavy atom. The van der Waals surface area contributed by atoms with Crippen LogP contribution in [0.1, 0.15) is 13.3 Å². The summed E-state index contributed by atoms with van der Waals surface area (Å²) in [5, 5.41) is 1.36. The predicted molar refractivity (Wildman–Crippen MR) is 117 cm³/mol. The van der Waals surface area contributed by atoms with E-state index in [0.717, 1.165) is 33.5 Å². The summed E-state index contributed by atoms with van der Waals surface area (Å²) in [4.78, 5) is 33.1. The highest BCUT2D eigenvalue weighted by molar-refractivity contribution is 7.20. The van der Waals surface area contributed by atoms with Gasteiger partial charge >= 0.3 is 6.09 Å². The number of carbonyl (C=O) groups is 1. The van der Waals surface area contributed by atoms with Gasteiger partial charge in [0.25, 0.3) is 5.19 Å². The van der Waals surface area contributed by atoms with Crippen LogP contribution in [-0.4, -0.2) is 57.1 Å². The molecule has 0 saturated carbocycles. The number of para-hydroxylation sites is 1. The van der Waals surface area contributed by atoms with Crippen molar-refractivity contribution in [3.8, 4) is 5.19 Å². The van der Waals surface area contributed by atoms with E-state index >= 15 is 0 Å². The van der Waals surface area contributed by atoms with Gasteiger partial charge in [0.2, 0.25) is 0 Å². The normalized spacial score (nSPS) is 19.3. The van der Waals surface area contributed by atoms with E-state index in [0.29, 0.717) is 24.2 Å². The number of likely N-dealkylation sites (tertiary alicyclic amines) is 1. The number of anilines is 1. The van der Waals surface area contributed by atoms with Gasteiger partial charge in [-0.25, -0.2) is 19.7 Å². The number of carbonyl (C=O) groups excluding carboxylic acids is 1. The number of thiazole rings is 1. The number of rotatable bonds is 3. The van der Waals surface area contributed by atoms with Crippen LogP contribution in [0.4, 0.5) is 10.6 Å². The predicted octanol–water partition coefficient (Wildman–Crippen LogP) is 3.91. The molecule has 1 aliphatic rings. The standard InChI is InChI=1S/C21H22N6O2S/c1-13-8-10-27(21(28)29-20-25-15-5-3-4-6-17(15)30-20)11-16(13)26(2)19-14-7-9-22-18(14)23-12-24-19/h3-7,9,12-13,16H,8,10-11H2,1-2H3,(H,22,23,24). The Balaban J connectivity index is 1.33. The van der Waals surface area contributed by atoms with Gasteiger partial charge in [-0.1, -0.05) is 30.4 Å². The maximum absolute atomic E-state index is 12.8. The third-order valence-corrected chi connectivity index (χ3v) is 6.70. The van der Waals surface area contributed by atoms with Crippen molar-refractivity contribution >= 4 is 44.5 Å². The highest BCUT2D eigenvalue weighted by Crippen LogP contribution is 2.30. The molecular formula is C21H22N6O2S. The number of aromatic amines is 1. The topological polar surface area (TPSA) is 87.2 Å². The third kappa shape index (κ3) is 3.35. The number of H-pyrrole nitrogens is 1. The minimum Gasteiger partial charge on any atom is -0.381 e. The Morgan fingerprint density at radius 2 is 2.17 bits per heavy atom. The number of nitrogens with zero attached hydrogens (tertiary/aromatic N) is 5. The SMILES string of the molecule is CC1CCN(C(=O)Oc2nc3ccccc3s2)CC1N(C)c1ncnc2[nH]ccc12. The smallest absolute Gasteiger partial charge is 0.381 e. The average Bonchev–Trinajstić information content (AvgIpc) is 3.39. The third-order valence-electron chi connectivity index (χ3n) is 5.79. The minimum absolute atomic E-state index is 0.120. The molecule has 3 aromatic heterocycles. The van der Waals surface area contributed by atoms with Crippen LogP contribution in [0.15, 0.2) is 42.9 Å². The van der Waals surface area contributed by atoms with Gasteiger partial charge in [0.1, 0.15) is 17.8 Å². The monoisotopic (exact) mass is 422 g/mol. The number of fused-ring (bicyclic) bond motifs is 2. The van der Waals surface area contributed by atoms with Crippen molar-refractivity contribution < 1.29 is 9.53 Å². The van der Waals surface area contributed by atoms with E-state index in [4.69, 9.17) is 4.74 Å². The van der Waals surface area contributed by atoms with E-state index in [-0.39, 0.29) is 12.1 Å². The molecule has 0 spiro atoms. The minimum atomic E-state index is -0.353. The van der Waals surface area contributed by atoms with Crippen molar-refractivity contribution in [3.05, 3.63) is 42.9 Å². The number of aromatic nitrogens is 4. The largest absolute Gasteiger partial charge is 0.417 e. The fourth-order valence-corrected chi connectivity index (χ4v) is 4.86. The van der Waals surface area contributed by atoms with Crippen molar-refractivity contribution in [3.63, 3.8) is 0 Å². The second kappa shape index (κ2) is 7.56. The van der Waals surface area contributed by atoms with Crippen molar-refractivity contribution in [2.75, 3.05) is 25.0 Å². The summed E-state index contributed by atoms with van der Waals surface area (Å²) in [6.07, 6.45) is 3.97. The molecule has 2 unspecified atom stereocenters. The van der Waals surface area contributed by atoms with Crippen LogP contribution in [0.2, 0.25) is 0 Å². The van der Waals surface area contributed by atoms with Gasteiger partial charge < -0.3 is 19.5 Å². The van der Waals surface area contributed by atoms with Gasteiger partial charge in [-0.05, 0) is 30.5 Å². The first kappa shape index (κ1) is 18.8. The summed E-state index contributed by atoms with van der Waals surface area (Å²) < 4.78 is 6.62. The van der Waals surface area contributed by atoms with Crippen LogP contribution < -0.4 is 9.64 Å². The zero-order chi connectivity index (χ0) is 20.7. The first-order chi connectivity index (χ1) is 14.6. The molecule has 0 bridgehead atoms. The van der Waals surface area contributed by atoms with Crippen LogP contribution in [0.3, 0.4) is 0 Å². The number of hydrogen-bond acceptors (Lipinski definition) is 7. The number of piperidine rings is 1. The molecule has 4 aromatic rings. The molecule has 5 rings (SSSR count). The van der Waals surface area contributed by atoms with E-state index in [1.807, 2.05) is 43.6 Å². The molecule has 1 N–H and O–H groups in total. The van der Waals surface area contributed by atoms with Gasteiger partial charge in [-0.3, -0.25) is 0 Å². The van der Waals surface area contributed by atoms with E-state index < -0.39 is 0 Å². The lowest BCUT2D eigenvalue weighted by Gasteiger charge is -2.41. The van der Waals surface area contributed by atoms with Crippen LogP contribution >= 0.6 is 11.3 Å². The Bertz CT molecular complexity index is 1170. The van der Waals surface area contributed by atoms with Gasteiger partial charge in [-0.15, -0.1) is 0 Å². The van der Waals surface area contributed by atoms with E-state index in [2.05, 4.69) is 31.8 Å². The van der Waals surface area contributed by atoms with Crippen LogP contribution in [0.5, 0.6) is 5.19 Å². The quantitative estimate of drug-likeness (QED) is 0.539. The van der Waals surface area contributed by atoms with Gasteiger partial charge in [0.15, 0.2) is 0 Å². The molecule has 1 amide bonds. The molecule has 0 aliphatic carbocycles. The molecule has 2 atom stereocenters. The Hall–Kier alpha value is -3.20. The molecule has 1 saturated heterocycles. The maximum Gasteiger partial charge on any atom is 0.417 e. The van der Waals surface area contributed by atoms with Gasteiger partial charge in [-0.2, -0.15) is 0 Å². The zero-order valence-corrected chi connectivity index (χ0v) is 17.6. The van der Waals surface area contributed by atoms with Crippen molar-refractivity contribution in [1.29, 1.82) is 0 Å². The highest BCUT2D eigenvalue weighted by Gasteiger charge is 2.34. The number of amides is 1. The Labute approximate surface area is 177 Å². The molecule has 1 aliphatic heterocycles. The maximum atomic E-state index is 12.8. The molecule has 9 heteroatoms. The molecule has 1 aromatic carbocycles. The van der Waals surface area contributed by atoms with Crippen molar-refractivity contribution in [1.82, 2.24) is 24.8 Å². The van der Waals surface area contributed by atoms with Crippen molar-refractivity contribution in [2.24, 2.45) is 5.92 Å².